The fraction of sp³-hybridized carbons (Fsp3) is 0.214. The third-order valence-corrected chi connectivity index (χ3v) is 6.75. The maximum atomic E-state index is 12.9. The lowest BCUT2D eigenvalue weighted by Crippen LogP contribution is -2.23. The number of aromatic nitrogens is 3. The van der Waals surface area contributed by atoms with Crippen LogP contribution in [-0.4, -0.2) is 27.0 Å². The van der Waals surface area contributed by atoms with Crippen LogP contribution in [0.1, 0.15) is 49.2 Å². The molecule has 0 amide bonds. The van der Waals surface area contributed by atoms with Crippen molar-refractivity contribution in [2.24, 2.45) is 0 Å². The predicted octanol–water partition coefficient (Wildman–Crippen LogP) is 5.40. The van der Waals surface area contributed by atoms with Crippen molar-refractivity contribution in [3.63, 3.8) is 0 Å². The van der Waals surface area contributed by atoms with E-state index in [1.54, 1.807) is 24.3 Å². The van der Waals surface area contributed by atoms with Crippen LogP contribution in [-0.2, 0) is 0 Å². The summed E-state index contributed by atoms with van der Waals surface area (Å²) in [5.74, 6) is 2.53. The Morgan fingerprint density at radius 2 is 1.78 bits per heavy atom. The molecule has 182 valence electrons. The largest absolute Gasteiger partial charge is 0.494 e. The van der Waals surface area contributed by atoms with Gasteiger partial charge in [-0.25, -0.2) is 0 Å². The molecule has 36 heavy (non-hydrogen) atoms. The molecule has 8 heteroatoms. The van der Waals surface area contributed by atoms with E-state index in [1.165, 1.54) is 22.8 Å². The summed E-state index contributed by atoms with van der Waals surface area (Å²) < 4.78 is 13.5. The zero-order valence-electron chi connectivity index (χ0n) is 20.1. The second kappa shape index (κ2) is 10.3. The second-order valence-corrected chi connectivity index (χ2v) is 9.47. The number of ketones is 1. The summed E-state index contributed by atoms with van der Waals surface area (Å²) in [6.45, 7) is 4.40. The van der Waals surface area contributed by atoms with Gasteiger partial charge in [0, 0.05) is 22.8 Å². The van der Waals surface area contributed by atoms with E-state index in [1.807, 2.05) is 42.5 Å². The minimum Gasteiger partial charge on any atom is -0.494 e. The van der Waals surface area contributed by atoms with Gasteiger partial charge in [-0.2, -0.15) is 9.50 Å². The van der Waals surface area contributed by atoms with Crippen molar-refractivity contribution in [3.05, 3.63) is 86.9 Å². The van der Waals surface area contributed by atoms with Crippen molar-refractivity contribution >= 4 is 28.2 Å². The molecule has 0 bridgehead atoms. The molecule has 0 radical (unpaired) electrons. The van der Waals surface area contributed by atoms with Crippen LogP contribution in [0.4, 0.5) is 0 Å². The van der Waals surface area contributed by atoms with Gasteiger partial charge < -0.3 is 9.15 Å². The Labute approximate surface area is 211 Å². The summed E-state index contributed by atoms with van der Waals surface area (Å²) >= 11 is 1.26. The highest BCUT2D eigenvalue weighted by Gasteiger charge is 2.13. The first-order chi connectivity index (χ1) is 17.5. The van der Waals surface area contributed by atoms with Gasteiger partial charge in [-0.15, -0.1) is 5.10 Å². The first-order valence-electron chi connectivity index (χ1n) is 11.9. The molecule has 0 aliphatic carbocycles. The van der Waals surface area contributed by atoms with Crippen LogP contribution >= 0.6 is 11.3 Å². The number of nitrogens with zero attached hydrogens (tertiary/aromatic N) is 3. The fourth-order valence-electron chi connectivity index (χ4n) is 3.78. The van der Waals surface area contributed by atoms with Crippen LogP contribution in [0.15, 0.2) is 69.9 Å². The Balaban J connectivity index is 1.34. The van der Waals surface area contributed by atoms with Gasteiger partial charge in [0.1, 0.15) is 21.8 Å². The standard InChI is InChI=1S/C28H25N3O4S/c1-3-4-5-16-34-22-12-10-21(11-13-22)26-29-28-31(30-26)27(33)25(36-28)17-23-14-15-24(35-23)20-8-6-19(7-9-20)18(2)32/h6-15,17H,3-5,16H2,1-2H3/b25-17+. The normalized spacial score (nSPS) is 11.9. The lowest BCUT2D eigenvalue weighted by molar-refractivity contribution is 0.101. The predicted molar refractivity (Wildman–Crippen MR) is 141 cm³/mol. The molecule has 3 aromatic heterocycles. The van der Waals surface area contributed by atoms with Gasteiger partial charge in [-0.1, -0.05) is 55.4 Å². The third-order valence-electron chi connectivity index (χ3n) is 5.79. The maximum absolute atomic E-state index is 12.9. The van der Waals surface area contributed by atoms with E-state index in [-0.39, 0.29) is 11.3 Å². The van der Waals surface area contributed by atoms with E-state index in [9.17, 15) is 9.59 Å². The van der Waals surface area contributed by atoms with Gasteiger partial charge in [0.15, 0.2) is 11.6 Å². The molecule has 0 N–H and O–H groups in total. The number of thiazole rings is 1. The number of Topliss-reactive ketones (excluding diaryl/α,β-unsaturated/α-hetero) is 1. The van der Waals surface area contributed by atoms with Crippen LogP contribution < -0.4 is 14.8 Å². The van der Waals surface area contributed by atoms with Crippen molar-refractivity contribution < 1.29 is 13.9 Å². The van der Waals surface area contributed by atoms with Gasteiger partial charge in [0.25, 0.3) is 5.56 Å². The molecule has 0 aliphatic heterocycles. The van der Waals surface area contributed by atoms with E-state index < -0.39 is 0 Å². The molecule has 0 saturated heterocycles. The molecule has 0 unspecified atom stereocenters. The van der Waals surface area contributed by atoms with Crippen molar-refractivity contribution in [1.82, 2.24) is 14.6 Å². The van der Waals surface area contributed by atoms with E-state index in [0.29, 0.717) is 39.0 Å². The number of hydrogen-bond donors (Lipinski definition) is 0. The maximum Gasteiger partial charge on any atom is 0.291 e. The Morgan fingerprint density at radius 1 is 1.03 bits per heavy atom. The molecule has 7 nitrogen and oxygen atoms in total. The summed E-state index contributed by atoms with van der Waals surface area (Å²) in [7, 11) is 0. The summed E-state index contributed by atoms with van der Waals surface area (Å²) in [5, 5.41) is 4.42. The van der Waals surface area contributed by atoms with Gasteiger partial charge >= 0.3 is 0 Å². The fourth-order valence-corrected chi connectivity index (χ4v) is 4.67. The van der Waals surface area contributed by atoms with E-state index in [2.05, 4.69) is 17.0 Å². The van der Waals surface area contributed by atoms with E-state index in [4.69, 9.17) is 9.15 Å². The summed E-state index contributed by atoms with van der Waals surface area (Å²) in [5.41, 5.74) is 2.08. The van der Waals surface area contributed by atoms with Crippen molar-refractivity contribution in [1.29, 1.82) is 0 Å². The molecule has 3 heterocycles. The minimum atomic E-state index is -0.242. The van der Waals surface area contributed by atoms with Gasteiger partial charge in [0.2, 0.25) is 4.96 Å². The SMILES string of the molecule is CCCCCOc1ccc(-c2nc3s/c(=C/c4ccc(-c5ccc(C(C)=O)cc5)o4)c(=O)n3n2)cc1. The molecule has 0 spiro atoms. The zero-order chi connectivity index (χ0) is 25.1. The molecular weight excluding hydrogens is 474 g/mol. The number of furan rings is 1. The highest BCUT2D eigenvalue weighted by atomic mass is 32.1. The first kappa shape index (κ1) is 23.7. The van der Waals surface area contributed by atoms with Crippen molar-refractivity contribution in [2.75, 3.05) is 6.61 Å². The average Bonchev–Trinajstić information content (AvgIpc) is 3.60. The molecule has 0 saturated carbocycles. The number of hydrogen-bond acceptors (Lipinski definition) is 7. The smallest absolute Gasteiger partial charge is 0.291 e. The molecule has 0 atom stereocenters. The van der Waals surface area contributed by atoms with Crippen LogP contribution in [0, 0.1) is 0 Å². The summed E-state index contributed by atoms with van der Waals surface area (Å²) in [6, 6.07) is 18.5. The average molecular weight is 500 g/mol. The highest BCUT2D eigenvalue weighted by Crippen LogP contribution is 2.24. The Kier molecular flexibility index (Phi) is 6.77. The van der Waals surface area contributed by atoms with Crippen LogP contribution in [0.3, 0.4) is 0 Å². The van der Waals surface area contributed by atoms with Crippen molar-refractivity contribution in [2.45, 2.75) is 33.1 Å². The number of benzene rings is 2. The zero-order valence-corrected chi connectivity index (χ0v) is 20.9. The second-order valence-electron chi connectivity index (χ2n) is 8.46. The molecule has 5 rings (SSSR count). The number of carbonyl (C=O) groups excluding carboxylic acids is 1. The van der Waals surface area contributed by atoms with Crippen LogP contribution in [0.5, 0.6) is 5.75 Å². The van der Waals surface area contributed by atoms with Gasteiger partial charge in [-0.3, -0.25) is 9.59 Å². The molecule has 5 aromatic rings. The Hall–Kier alpha value is -4.04. The third kappa shape index (κ3) is 4.99. The Bertz CT molecular complexity index is 1610. The van der Waals surface area contributed by atoms with Crippen LogP contribution in [0.25, 0.3) is 33.7 Å². The van der Waals surface area contributed by atoms with Gasteiger partial charge in [-0.05, 0) is 49.7 Å². The quantitative estimate of drug-likeness (QED) is 0.199. The molecular formula is C28H25N3O4S. The van der Waals surface area contributed by atoms with Crippen LogP contribution in [0.2, 0.25) is 0 Å². The molecule has 0 fully saturated rings. The lowest BCUT2D eigenvalue weighted by Gasteiger charge is -2.05. The van der Waals surface area contributed by atoms with E-state index >= 15 is 0 Å². The number of fused-ring (bicyclic) bond motifs is 1. The summed E-state index contributed by atoms with van der Waals surface area (Å²) in [6.07, 6.45) is 5.05. The Morgan fingerprint density at radius 3 is 2.47 bits per heavy atom. The molecule has 2 aromatic carbocycles. The van der Waals surface area contributed by atoms with Crippen molar-refractivity contribution in [3.8, 4) is 28.5 Å². The van der Waals surface area contributed by atoms with Gasteiger partial charge in [0.05, 0.1) is 6.61 Å². The lowest BCUT2D eigenvalue weighted by atomic mass is 10.1. The molecule has 0 aliphatic rings. The monoisotopic (exact) mass is 499 g/mol. The number of rotatable bonds is 9. The number of unbranched alkanes of at least 4 members (excludes halogenated alkanes) is 2. The number of ether oxygens (including phenoxy) is 1. The van der Waals surface area contributed by atoms with E-state index in [0.717, 1.165) is 36.1 Å². The topological polar surface area (TPSA) is 86.7 Å². The first-order valence-corrected chi connectivity index (χ1v) is 12.7. The minimum absolute atomic E-state index is 0.0151. The summed E-state index contributed by atoms with van der Waals surface area (Å²) in [4.78, 5) is 29.5. The number of carbonyl (C=O) groups is 1. The highest BCUT2D eigenvalue weighted by molar-refractivity contribution is 7.15.